The zero-order chi connectivity index (χ0) is 10.8. The number of hydrogen-bond acceptors (Lipinski definition) is 4. The number of pyridine rings is 1. The molecule has 0 bridgehead atoms. The van der Waals surface area contributed by atoms with Crippen LogP contribution in [-0.2, 0) is 0 Å². The van der Waals surface area contributed by atoms with Crippen LogP contribution in [0.3, 0.4) is 0 Å². The molecule has 0 saturated heterocycles. The number of rotatable bonds is 1. The smallest absolute Gasteiger partial charge is 0.153 e. The van der Waals surface area contributed by atoms with Gasteiger partial charge in [-0.3, -0.25) is 0 Å². The summed E-state index contributed by atoms with van der Waals surface area (Å²) in [4.78, 5) is 4.10. The minimum atomic E-state index is 0.487. The molecule has 5 heteroatoms. The minimum absolute atomic E-state index is 0.487. The van der Waals surface area contributed by atoms with Gasteiger partial charge in [0.25, 0.3) is 0 Å². The van der Waals surface area contributed by atoms with Crippen LogP contribution in [0.2, 0.25) is 0 Å². The van der Waals surface area contributed by atoms with E-state index in [2.05, 4.69) is 10.1 Å². The van der Waals surface area contributed by atoms with E-state index < -0.39 is 0 Å². The molecule has 0 unspecified atom stereocenters. The fraction of sp³-hybridized carbons (Fsp3) is 0.100. The molecule has 2 aromatic rings. The first kappa shape index (κ1) is 9.21. The lowest BCUT2D eigenvalue weighted by molar-refractivity contribution is 0.850. The minimum Gasteiger partial charge on any atom is -0.382 e. The van der Waals surface area contributed by atoms with Gasteiger partial charge in [0.15, 0.2) is 5.82 Å². The summed E-state index contributed by atoms with van der Waals surface area (Å²) in [7, 11) is 0. The van der Waals surface area contributed by atoms with Gasteiger partial charge in [-0.15, -0.1) is 5.10 Å². The van der Waals surface area contributed by atoms with Gasteiger partial charge in [0, 0.05) is 18.0 Å². The molecular formula is C10H9N5. The highest BCUT2D eigenvalue weighted by Crippen LogP contribution is 2.11. The summed E-state index contributed by atoms with van der Waals surface area (Å²) in [6, 6.07) is 5.42. The van der Waals surface area contributed by atoms with E-state index in [4.69, 9.17) is 11.0 Å². The second kappa shape index (κ2) is 3.42. The van der Waals surface area contributed by atoms with Gasteiger partial charge in [-0.05, 0) is 19.1 Å². The van der Waals surface area contributed by atoms with Crippen molar-refractivity contribution in [3.63, 3.8) is 0 Å². The molecule has 2 rings (SSSR count). The summed E-state index contributed by atoms with van der Waals surface area (Å²) < 4.78 is 1.59. The first-order valence-electron chi connectivity index (χ1n) is 4.39. The van der Waals surface area contributed by atoms with E-state index in [0.29, 0.717) is 17.2 Å². The Bertz CT molecular complexity index is 498. The normalized spacial score (nSPS) is 9.87. The largest absolute Gasteiger partial charge is 0.382 e. The zero-order valence-corrected chi connectivity index (χ0v) is 8.18. The first-order chi connectivity index (χ1) is 7.20. The number of nitrogens with two attached hydrogens (primary N) is 1. The lowest BCUT2D eigenvalue weighted by atomic mass is 10.3. The fourth-order valence-corrected chi connectivity index (χ4v) is 1.18. The Hall–Kier alpha value is -2.35. The number of hydrogen-bond donors (Lipinski definition) is 1. The molecule has 0 atom stereocenters. The molecule has 2 heterocycles. The lowest BCUT2D eigenvalue weighted by Crippen LogP contribution is -1.98. The number of aryl methyl sites for hydroxylation is 1. The standard InChI is InChI=1S/C10H9N5/c1-7-6-15(14-10(7)12)9-3-2-8(4-11)5-13-9/h2-3,5-6H,1H3,(H2,12,14). The van der Waals surface area contributed by atoms with Gasteiger partial charge in [0.2, 0.25) is 0 Å². The van der Waals surface area contributed by atoms with E-state index in [1.807, 2.05) is 13.0 Å². The van der Waals surface area contributed by atoms with Gasteiger partial charge in [-0.1, -0.05) is 0 Å². The molecular weight excluding hydrogens is 190 g/mol. The highest BCUT2D eigenvalue weighted by atomic mass is 15.3. The van der Waals surface area contributed by atoms with E-state index in [0.717, 1.165) is 5.56 Å². The summed E-state index contributed by atoms with van der Waals surface area (Å²) in [5.74, 6) is 1.13. The van der Waals surface area contributed by atoms with E-state index in [-0.39, 0.29) is 0 Å². The Labute approximate surface area is 86.8 Å². The van der Waals surface area contributed by atoms with E-state index in [9.17, 15) is 0 Å². The van der Waals surface area contributed by atoms with Gasteiger partial charge < -0.3 is 5.73 Å². The number of anilines is 1. The van der Waals surface area contributed by atoms with Crippen molar-refractivity contribution in [3.8, 4) is 11.9 Å². The Morgan fingerprint density at radius 1 is 1.47 bits per heavy atom. The Morgan fingerprint density at radius 3 is 2.73 bits per heavy atom. The molecule has 0 amide bonds. The lowest BCUT2D eigenvalue weighted by Gasteiger charge is -1.98. The van der Waals surface area contributed by atoms with Crippen LogP contribution in [0.15, 0.2) is 24.5 Å². The maximum absolute atomic E-state index is 8.61. The average Bonchev–Trinajstić information content (AvgIpc) is 2.59. The van der Waals surface area contributed by atoms with Crippen molar-refractivity contribution in [3.05, 3.63) is 35.7 Å². The number of aromatic nitrogens is 3. The molecule has 0 aliphatic carbocycles. The molecule has 0 fully saturated rings. The summed E-state index contributed by atoms with van der Waals surface area (Å²) in [6.07, 6.45) is 3.30. The molecule has 0 spiro atoms. The quantitative estimate of drug-likeness (QED) is 0.743. The van der Waals surface area contributed by atoms with Crippen molar-refractivity contribution in [2.24, 2.45) is 0 Å². The number of nitrogen functional groups attached to an aromatic ring is 1. The molecule has 74 valence electrons. The predicted octanol–water partition coefficient (Wildman–Crippen LogP) is 1.03. The van der Waals surface area contributed by atoms with Crippen LogP contribution in [0.4, 0.5) is 5.82 Å². The second-order valence-corrected chi connectivity index (χ2v) is 3.16. The maximum atomic E-state index is 8.61. The first-order valence-corrected chi connectivity index (χ1v) is 4.39. The van der Waals surface area contributed by atoms with Crippen LogP contribution in [0.25, 0.3) is 5.82 Å². The van der Waals surface area contributed by atoms with Gasteiger partial charge in [0.05, 0.1) is 5.56 Å². The van der Waals surface area contributed by atoms with Crippen molar-refractivity contribution in [2.45, 2.75) is 6.92 Å². The monoisotopic (exact) mass is 199 g/mol. The third kappa shape index (κ3) is 1.65. The Balaban J connectivity index is 2.42. The SMILES string of the molecule is Cc1cn(-c2ccc(C#N)cn2)nc1N. The zero-order valence-electron chi connectivity index (χ0n) is 8.18. The van der Waals surface area contributed by atoms with E-state index >= 15 is 0 Å². The maximum Gasteiger partial charge on any atom is 0.153 e. The van der Waals surface area contributed by atoms with Crippen molar-refractivity contribution in [1.82, 2.24) is 14.8 Å². The van der Waals surface area contributed by atoms with E-state index in [1.165, 1.54) is 6.20 Å². The van der Waals surface area contributed by atoms with Crippen molar-refractivity contribution >= 4 is 5.82 Å². The van der Waals surface area contributed by atoms with Gasteiger partial charge in [-0.2, -0.15) is 5.26 Å². The van der Waals surface area contributed by atoms with Crippen molar-refractivity contribution in [1.29, 1.82) is 5.26 Å². The molecule has 2 aromatic heterocycles. The van der Waals surface area contributed by atoms with Crippen LogP contribution < -0.4 is 5.73 Å². The summed E-state index contributed by atoms with van der Waals surface area (Å²) >= 11 is 0. The molecule has 0 aliphatic rings. The highest BCUT2D eigenvalue weighted by molar-refractivity contribution is 5.39. The predicted molar refractivity (Wildman–Crippen MR) is 55.2 cm³/mol. The third-order valence-corrected chi connectivity index (χ3v) is 2.05. The molecule has 0 aliphatic heterocycles. The highest BCUT2D eigenvalue weighted by Gasteiger charge is 2.03. The Morgan fingerprint density at radius 2 is 2.27 bits per heavy atom. The molecule has 5 nitrogen and oxygen atoms in total. The van der Waals surface area contributed by atoms with Crippen molar-refractivity contribution < 1.29 is 0 Å². The number of nitriles is 1. The summed E-state index contributed by atoms with van der Waals surface area (Å²) in [6.45, 7) is 1.88. The molecule has 0 saturated carbocycles. The Kier molecular flexibility index (Phi) is 2.10. The molecule has 15 heavy (non-hydrogen) atoms. The summed E-state index contributed by atoms with van der Waals surface area (Å²) in [5.41, 5.74) is 7.05. The van der Waals surface area contributed by atoms with Gasteiger partial charge in [0.1, 0.15) is 11.9 Å². The molecule has 2 N–H and O–H groups in total. The van der Waals surface area contributed by atoms with Gasteiger partial charge in [-0.25, -0.2) is 9.67 Å². The van der Waals surface area contributed by atoms with Crippen LogP contribution >= 0.6 is 0 Å². The molecule has 0 aromatic carbocycles. The summed E-state index contributed by atoms with van der Waals surface area (Å²) in [5, 5.41) is 12.7. The van der Waals surface area contributed by atoms with Crippen LogP contribution in [0.5, 0.6) is 0 Å². The second-order valence-electron chi connectivity index (χ2n) is 3.16. The topological polar surface area (TPSA) is 80.5 Å². The molecule has 0 radical (unpaired) electrons. The van der Waals surface area contributed by atoms with Crippen LogP contribution in [0, 0.1) is 18.3 Å². The van der Waals surface area contributed by atoms with Crippen LogP contribution in [-0.4, -0.2) is 14.8 Å². The number of nitrogens with zero attached hydrogens (tertiary/aromatic N) is 4. The third-order valence-electron chi connectivity index (χ3n) is 2.05. The van der Waals surface area contributed by atoms with Crippen molar-refractivity contribution in [2.75, 3.05) is 5.73 Å². The average molecular weight is 199 g/mol. The van der Waals surface area contributed by atoms with Crippen LogP contribution in [0.1, 0.15) is 11.1 Å². The van der Waals surface area contributed by atoms with E-state index in [1.54, 1.807) is 23.0 Å². The van der Waals surface area contributed by atoms with Gasteiger partial charge >= 0.3 is 0 Å². The fourth-order valence-electron chi connectivity index (χ4n) is 1.18.